The lowest BCUT2D eigenvalue weighted by atomic mass is 10.1. The summed E-state index contributed by atoms with van der Waals surface area (Å²) >= 11 is 0. The van der Waals surface area contributed by atoms with Crippen molar-refractivity contribution >= 4 is 11.8 Å². The molecule has 0 heterocycles. The van der Waals surface area contributed by atoms with Crippen LogP contribution in [-0.2, 0) is 9.59 Å². The summed E-state index contributed by atoms with van der Waals surface area (Å²) in [6.07, 6.45) is 0.667. The Bertz CT molecular complexity index is 194. The molecule has 5 nitrogen and oxygen atoms in total. The molecule has 0 aromatic heterocycles. The third kappa shape index (κ3) is 7.54. The lowest BCUT2D eigenvalue weighted by Gasteiger charge is -2.10. The Hall–Kier alpha value is -1.10. The van der Waals surface area contributed by atoms with Gasteiger partial charge in [-0.25, -0.2) is 0 Å². The van der Waals surface area contributed by atoms with Crippen molar-refractivity contribution in [1.82, 2.24) is 10.6 Å². The molecule has 0 bridgehead atoms. The molecule has 1 unspecified atom stereocenters. The molecule has 0 saturated heterocycles. The van der Waals surface area contributed by atoms with E-state index in [0.717, 1.165) is 0 Å². The number of aliphatic hydroxyl groups is 1. The molecule has 0 aliphatic carbocycles. The summed E-state index contributed by atoms with van der Waals surface area (Å²) in [5.41, 5.74) is 0. The third-order valence-electron chi connectivity index (χ3n) is 1.77. The maximum atomic E-state index is 11.1. The Morgan fingerprint density at radius 3 is 2.50 bits per heavy atom. The van der Waals surface area contributed by atoms with Gasteiger partial charge in [0.25, 0.3) is 0 Å². The second-order valence-electron chi connectivity index (χ2n) is 3.33. The average molecular weight is 202 g/mol. The summed E-state index contributed by atoms with van der Waals surface area (Å²) in [6, 6.07) is 0. The van der Waals surface area contributed by atoms with E-state index in [1.54, 1.807) is 0 Å². The highest BCUT2D eigenvalue weighted by atomic mass is 16.3. The first-order valence-electron chi connectivity index (χ1n) is 4.68. The summed E-state index contributed by atoms with van der Waals surface area (Å²) in [6.45, 7) is 3.97. The maximum absolute atomic E-state index is 11.1. The van der Waals surface area contributed by atoms with Crippen LogP contribution in [-0.4, -0.2) is 36.6 Å². The second kappa shape index (κ2) is 7.32. The third-order valence-corrected chi connectivity index (χ3v) is 1.77. The molecule has 82 valence electrons. The molecule has 5 heteroatoms. The van der Waals surface area contributed by atoms with Gasteiger partial charge in [0, 0.05) is 20.1 Å². The fourth-order valence-electron chi connectivity index (χ4n) is 0.878. The van der Waals surface area contributed by atoms with Gasteiger partial charge in [0.05, 0.1) is 6.54 Å². The van der Waals surface area contributed by atoms with Gasteiger partial charge in [0.1, 0.15) is 0 Å². The van der Waals surface area contributed by atoms with Crippen LogP contribution in [0, 0.1) is 5.92 Å². The van der Waals surface area contributed by atoms with Gasteiger partial charge in [-0.1, -0.05) is 6.92 Å². The molecule has 14 heavy (non-hydrogen) atoms. The van der Waals surface area contributed by atoms with Crippen LogP contribution in [0.2, 0.25) is 0 Å². The van der Waals surface area contributed by atoms with Gasteiger partial charge in [0.15, 0.2) is 0 Å². The highest BCUT2D eigenvalue weighted by molar-refractivity contribution is 5.83. The van der Waals surface area contributed by atoms with Crippen LogP contribution in [0.4, 0.5) is 0 Å². The molecule has 0 aliphatic rings. The first kappa shape index (κ1) is 12.9. The van der Waals surface area contributed by atoms with Crippen LogP contribution < -0.4 is 10.6 Å². The van der Waals surface area contributed by atoms with E-state index < -0.39 is 0 Å². The number of carbonyl (C=O) groups excluding carboxylic acids is 2. The SMILES string of the molecule is CC(=O)NCC(=O)NCC(C)CCO. The second-order valence-corrected chi connectivity index (χ2v) is 3.33. The summed E-state index contributed by atoms with van der Waals surface area (Å²) in [5, 5.41) is 13.7. The molecule has 1 atom stereocenters. The van der Waals surface area contributed by atoms with Gasteiger partial charge in [-0.2, -0.15) is 0 Å². The van der Waals surface area contributed by atoms with Crippen molar-refractivity contribution in [2.24, 2.45) is 5.92 Å². The normalized spacial score (nSPS) is 11.9. The maximum Gasteiger partial charge on any atom is 0.239 e. The first-order chi connectivity index (χ1) is 6.56. The quantitative estimate of drug-likeness (QED) is 0.530. The molecule has 0 aromatic carbocycles. The number of aliphatic hydroxyl groups excluding tert-OH is 1. The fourth-order valence-corrected chi connectivity index (χ4v) is 0.878. The van der Waals surface area contributed by atoms with E-state index in [-0.39, 0.29) is 30.9 Å². The molecule has 0 aliphatic heterocycles. The number of hydrogen-bond donors (Lipinski definition) is 3. The predicted molar refractivity (Wildman–Crippen MR) is 52.6 cm³/mol. The zero-order valence-corrected chi connectivity index (χ0v) is 8.67. The molecular formula is C9H18N2O3. The van der Waals surface area contributed by atoms with E-state index >= 15 is 0 Å². The average Bonchev–Trinajstić information content (AvgIpc) is 2.12. The summed E-state index contributed by atoms with van der Waals surface area (Å²) < 4.78 is 0. The Kier molecular flexibility index (Phi) is 6.74. The van der Waals surface area contributed by atoms with Crippen LogP contribution >= 0.6 is 0 Å². The van der Waals surface area contributed by atoms with Crippen molar-refractivity contribution in [1.29, 1.82) is 0 Å². The van der Waals surface area contributed by atoms with Crippen molar-refractivity contribution in [3.8, 4) is 0 Å². The molecule has 0 spiro atoms. The summed E-state index contributed by atoms with van der Waals surface area (Å²) in [4.78, 5) is 21.5. The van der Waals surface area contributed by atoms with Crippen LogP contribution in [0.15, 0.2) is 0 Å². The Morgan fingerprint density at radius 1 is 1.36 bits per heavy atom. The van der Waals surface area contributed by atoms with Crippen LogP contribution in [0.1, 0.15) is 20.3 Å². The number of nitrogens with one attached hydrogen (secondary N) is 2. The summed E-state index contributed by atoms with van der Waals surface area (Å²) in [5.74, 6) is -0.171. The topological polar surface area (TPSA) is 78.4 Å². The van der Waals surface area contributed by atoms with E-state index in [0.29, 0.717) is 13.0 Å². The van der Waals surface area contributed by atoms with Crippen molar-refractivity contribution in [2.75, 3.05) is 19.7 Å². The van der Waals surface area contributed by atoms with E-state index in [2.05, 4.69) is 10.6 Å². The molecule has 0 fully saturated rings. The van der Waals surface area contributed by atoms with Gasteiger partial charge < -0.3 is 15.7 Å². The van der Waals surface area contributed by atoms with Crippen LogP contribution in [0.3, 0.4) is 0 Å². The zero-order valence-electron chi connectivity index (χ0n) is 8.67. The minimum absolute atomic E-state index is 0.0151. The van der Waals surface area contributed by atoms with Gasteiger partial charge in [-0.05, 0) is 12.3 Å². The Morgan fingerprint density at radius 2 is 2.00 bits per heavy atom. The highest BCUT2D eigenvalue weighted by Crippen LogP contribution is 1.97. The number of carbonyl (C=O) groups is 2. The first-order valence-corrected chi connectivity index (χ1v) is 4.68. The number of amides is 2. The minimum atomic E-state index is -0.219. The van der Waals surface area contributed by atoms with Crippen LogP contribution in [0.5, 0.6) is 0 Å². The molecule has 0 radical (unpaired) electrons. The van der Waals surface area contributed by atoms with Gasteiger partial charge in [-0.15, -0.1) is 0 Å². The van der Waals surface area contributed by atoms with Crippen molar-refractivity contribution < 1.29 is 14.7 Å². The van der Waals surface area contributed by atoms with E-state index in [1.165, 1.54) is 6.92 Å². The molecule has 3 N–H and O–H groups in total. The lowest BCUT2D eigenvalue weighted by molar-refractivity contribution is -0.125. The number of hydrogen-bond acceptors (Lipinski definition) is 3. The largest absolute Gasteiger partial charge is 0.396 e. The fraction of sp³-hybridized carbons (Fsp3) is 0.778. The van der Waals surface area contributed by atoms with Gasteiger partial charge in [0.2, 0.25) is 11.8 Å². The van der Waals surface area contributed by atoms with Crippen molar-refractivity contribution in [3.63, 3.8) is 0 Å². The van der Waals surface area contributed by atoms with Crippen LogP contribution in [0.25, 0.3) is 0 Å². The smallest absolute Gasteiger partial charge is 0.239 e. The molecule has 0 aromatic rings. The Balaban J connectivity index is 3.48. The van der Waals surface area contributed by atoms with E-state index in [4.69, 9.17) is 5.11 Å². The standard InChI is InChI=1S/C9H18N2O3/c1-7(3-4-12)5-11-9(14)6-10-8(2)13/h7,12H,3-6H2,1-2H3,(H,10,13)(H,11,14). The molecule has 2 amide bonds. The number of rotatable bonds is 6. The molecular weight excluding hydrogens is 184 g/mol. The van der Waals surface area contributed by atoms with Crippen molar-refractivity contribution in [2.45, 2.75) is 20.3 Å². The highest BCUT2D eigenvalue weighted by Gasteiger charge is 2.04. The van der Waals surface area contributed by atoms with E-state index in [1.807, 2.05) is 6.92 Å². The predicted octanol–water partition coefficient (Wildman–Crippen LogP) is -0.743. The summed E-state index contributed by atoms with van der Waals surface area (Å²) in [7, 11) is 0. The Labute approximate surface area is 83.9 Å². The van der Waals surface area contributed by atoms with Gasteiger partial charge in [-0.3, -0.25) is 9.59 Å². The van der Waals surface area contributed by atoms with Gasteiger partial charge >= 0.3 is 0 Å². The zero-order chi connectivity index (χ0) is 11.0. The molecule has 0 rings (SSSR count). The molecule has 0 saturated carbocycles. The van der Waals surface area contributed by atoms with E-state index in [9.17, 15) is 9.59 Å². The lowest BCUT2D eigenvalue weighted by Crippen LogP contribution is -2.37. The minimum Gasteiger partial charge on any atom is -0.396 e. The van der Waals surface area contributed by atoms with Crippen molar-refractivity contribution in [3.05, 3.63) is 0 Å². The monoisotopic (exact) mass is 202 g/mol.